The molecule has 0 fully saturated rings. The molecule has 1 rings (SSSR count). The van der Waals surface area contributed by atoms with E-state index in [1.165, 1.54) is 13.2 Å². The molecule has 0 radical (unpaired) electrons. The Hall–Kier alpha value is -1.10. The number of ether oxygens (including phenoxy) is 1. The van der Waals surface area contributed by atoms with Crippen molar-refractivity contribution in [2.75, 3.05) is 7.11 Å². The van der Waals surface area contributed by atoms with E-state index >= 15 is 0 Å². The Morgan fingerprint density at radius 3 is 2.57 bits per heavy atom. The summed E-state index contributed by atoms with van der Waals surface area (Å²) < 4.78 is 10.6. The van der Waals surface area contributed by atoms with E-state index in [-0.39, 0.29) is 0 Å². The van der Waals surface area contributed by atoms with Crippen molar-refractivity contribution in [3.8, 4) is 0 Å². The zero-order valence-corrected chi connectivity index (χ0v) is 8.49. The van der Waals surface area contributed by atoms with Crippen LogP contribution in [0.1, 0.15) is 17.6 Å². The molecule has 1 heterocycles. The van der Waals surface area contributed by atoms with Gasteiger partial charge in [0.1, 0.15) is 23.3 Å². The molecular formula is C10H16N2O2. The van der Waals surface area contributed by atoms with E-state index in [4.69, 9.17) is 20.6 Å². The minimum atomic E-state index is -1.13. The van der Waals surface area contributed by atoms with E-state index in [0.29, 0.717) is 5.76 Å². The first-order valence-corrected chi connectivity index (χ1v) is 4.31. The molecule has 78 valence electrons. The molecule has 0 saturated carbocycles. The highest BCUT2D eigenvalue weighted by atomic mass is 16.5. The van der Waals surface area contributed by atoms with E-state index in [0.717, 1.165) is 5.76 Å². The van der Waals surface area contributed by atoms with E-state index in [1.807, 2.05) is 13.0 Å². The van der Waals surface area contributed by atoms with Crippen LogP contribution in [0.4, 0.5) is 0 Å². The summed E-state index contributed by atoms with van der Waals surface area (Å²) in [6.07, 6.45) is 0.924. The Balaban J connectivity index is 2.98. The van der Waals surface area contributed by atoms with Crippen molar-refractivity contribution in [2.24, 2.45) is 11.5 Å². The Labute approximate surface area is 83.5 Å². The van der Waals surface area contributed by atoms with Gasteiger partial charge in [-0.05, 0) is 19.1 Å². The lowest BCUT2D eigenvalue weighted by Crippen LogP contribution is -2.53. The third-order valence-corrected chi connectivity index (χ3v) is 2.06. The van der Waals surface area contributed by atoms with Gasteiger partial charge in [-0.1, -0.05) is 12.7 Å². The summed E-state index contributed by atoms with van der Waals surface area (Å²) in [6, 6.07) is 3.63. The van der Waals surface area contributed by atoms with Crippen LogP contribution in [0.25, 0.3) is 0 Å². The van der Waals surface area contributed by atoms with Crippen molar-refractivity contribution < 1.29 is 9.15 Å². The van der Waals surface area contributed by atoms with Gasteiger partial charge in [-0.3, -0.25) is 0 Å². The van der Waals surface area contributed by atoms with Gasteiger partial charge in [-0.2, -0.15) is 0 Å². The average molecular weight is 196 g/mol. The summed E-state index contributed by atoms with van der Waals surface area (Å²) >= 11 is 0. The number of hydrogen-bond acceptors (Lipinski definition) is 4. The number of furan rings is 1. The van der Waals surface area contributed by atoms with Crippen molar-refractivity contribution in [3.63, 3.8) is 0 Å². The number of nitrogens with two attached hydrogens (primary N) is 2. The number of aryl methyl sites for hydroxylation is 1. The van der Waals surface area contributed by atoms with Crippen molar-refractivity contribution in [3.05, 3.63) is 36.3 Å². The number of hydrogen-bond donors (Lipinski definition) is 2. The van der Waals surface area contributed by atoms with E-state index < -0.39 is 11.8 Å². The van der Waals surface area contributed by atoms with Crippen LogP contribution in [-0.4, -0.2) is 12.8 Å². The van der Waals surface area contributed by atoms with Crippen LogP contribution in [0.2, 0.25) is 0 Å². The standard InChI is InChI=1S/C10H16N2O2/c1-4-10(11,12)9(13-3)8-6-5-7(2)14-8/h4-6,9H,1,11-12H2,2-3H3. The molecule has 0 bridgehead atoms. The first-order valence-electron chi connectivity index (χ1n) is 4.31. The lowest BCUT2D eigenvalue weighted by atomic mass is 10.0. The molecule has 0 aliphatic rings. The lowest BCUT2D eigenvalue weighted by Gasteiger charge is -2.27. The molecule has 1 aromatic heterocycles. The van der Waals surface area contributed by atoms with E-state index in [2.05, 4.69) is 6.58 Å². The summed E-state index contributed by atoms with van der Waals surface area (Å²) in [5.74, 6) is 1.40. The van der Waals surface area contributed by atoms with Crippen LogP contribution in [0, 0.1) is 6.92 Å². The minimum Gasteiger partial charge on any atom is -0.463 e. The summed E-state index contributed by atoms with van der Waals surface area (Å²) in [5, 5.41) is 0. The van der Waals surface area contributed by atoms with Gasteiger partial charge in [0, 0.05) is 7.11 Å². The van der Waals surface area contributed by atoms with Crippen LogP contribution in [-0.2, 0) is 4.74 Å². The quantitative estimate of drug-likeness (QED) is 0.558. The molecule has 4 N–H and O–H groups in total. The lowest BCUT2D eigenvalue weighted by molar-refractivity contribution is 0.0376. The molecule has 0 spiro atoms. The van der Waals surface area contributed by atoms with Gasteiger partial charge in [0.05, 0.1) is 0 Å². The Kier molecular flexibility index (Phi) is 3.10. The van der Waals surface area contributed by atoms with E-state index in [9.17, 15) is 0 Å². The van der Waals surface area contributed by atoms with Gasteiger partial charge in [0.2, 0.25) is 0 Å². The number of methoxy groups -OCH3 is 1. The first kappa shape index (κ1) is 11.0. The first-order chi connectivity index (χ1) is 6.51. The van der Waals surface area contributed by atoms with Crippen LogP contribution < -0.4 is 11.5 Å². The van der Waals surface area contributed by atoms with Crippen molar-refractivity contribution in [2.45, 2.75) is 18.7 Å². The van der Waals surface area contributed by atoms with Crippen molar-refractivity contribution in [1.29, 1.82) is 0 Å². The fourth-order valence-corrected chi connectivity index (χ4v) is 1.27. The maximum Gasteiger partial charge on any atom is 0.149 e. The van der Waals surface area contributed by atoms with Crippen molar-refractivity contribution in [1.82, 2.24) is 0 Å². The summed E-state index contributed by atoms with van der Waals surface area (Å²) in [4.78, 5) is 0. The minimum absolute atomic E-state index is 0.520. The predicted octanol–water partition coefficient (Wildman–Crippen LogP) is 1.08. The van der Waals surface area contributed by atoms with Crippen molar-refractivity contribution >= 4 is 0 Å². The summed E-state index contributed by atoms with van der Waals surface area (Å²) in [6.45, 7) is 5.41. The molecular weight excluding hydrogens is 180 g/mol. The molecule has 1 unspecified atom stereocenters. The summed E-state index contributed by atoms with van der Waals surface area (Å²) in [7, 11) is 1.53. The van der Waals surface area contributed by atoms with Gasteiger partial charge < -0.3 is 20.6 Å². The van der Waals surface area contributed by atoms with Gasteiger partial charge in [-0.25, -0.2) is 0 Å². The second-order valence-electron chi connectivity index (χ2n) is 3.27. The highest BCUT2D eigenvalue weighted by Gasteiger charge is 2.31. The van der Waals surface area contributed by atoms with Gasteiger partial charge >= 0.3 is 0 Å². The topological polar surface area (TPSA) is 74.4 Å². The highest BCUT2D eigenvalue weighted by Crippen LogP contribution is 2.26. The third kappa shape index (κ3) is 2.04. The fraction of sp³-hybridized carbons (Fsp3) is 0.400. The average Bonchev–Trinajstić information content (AvgIpc) is 2.53. The zero-order chi connectivity index (χ0) is 10.8. The molecule has 1 aromatic rings. The smallest absolute Gasteiger partial charge is 0.149 e. The van der Waals surface area contributed by atoms with E-state index in [1.54, 1.807) is 6.07 Å². The van der Waals surface area contributed by atoms with Gasteiger partial charge in [-0.15, -0.1) is 0 Å². The zero-order valence-electron chi connectivity index (χ0n) is 8.49. The molecule has 0 saturated heterocycles. The monoisotopic (exact) mass is 196 g/mol. The largest absolute Gasteiger partial charge is 0.463 e. The van der Waals surface area contributed by atoms with Crippen LogP contribution in [0.3, 0.4) is 0 Å². The molecule has 0 aliphatic carbocycles. The Morgan fingerprint density at radius 1 is 1.57 bits per heavy atom. The van der Waals surface area contributed by atoms with Gasteiger partial charge in [0.25, 0.3) is 0 Å². The maximum atomic E-state index is 5.79. The second kappa shape index (κ2) is 3.96. The highest BCUT2D eigenvalue weighted by molar-refractivity contribution is 5.16. The third-order valence-electron chi connectivity index (χ3n) is 2.06. The Bertz CT molecular complexity index is 318. The molecule has 1 atom stereocenters. The molecule has 0 aromatic carbocycles. The molecule has 4 heteroatoms. The predicted molar refractivity (Wildman–Crippen MR) is 54.5 cm³/mol. The molecule has 14 heavy (non-hydrogen) atoms. The SMILES string of the molecule is C=CC(N)(N)C(OC)c1ccc(C)o1. The number of rotatable bonds is 4. The van der Waals surface area contributed by atoms with Gasteiger partial charge in [0.15, 0.2) is 0 Å². The normalized spacial score (nSPS) is 14.0. The molecule has 0 amide bonds. The second-order valence-corrected chi connectivity index (χ2v) is 3.27. The summed E-state index contributed by atoms with van der Waals surface area (Å²) in [5.41, 5.74) is 10.4. The van der Waals surface area contributed by atoms with Crippen LogP contribution >= 0.6 is 0 Å². The molecule has 0 aliphatic heterocycles. The Morgan fingerprint density at radius 2 is 2.21 bits per heavy atom. The van der Waals surface area contributed by atoms with Crippen LogP contribution in [0.15, 0.2) is 29.2 Å². The maximum absolute atomic E-state index is 5.79. The fourth-order valence-electron chi connectivity index (χ4n) is 1.27. The van der Waals surface area contributed by atoms with Crippen LogP contribution in [0.5, 0.6) is 0 Å². The molecule has 4 nitrogen and oxygen atoms in total.